The standard InChI is InChI=1S/C15H15F2NO/c1-11-3-2-4-12(9-11)10-18-13-5-7-14(8-6-13)19-15(16)17/h2-9,15,18H,10H2,1H3. The normalized spacial score (nSPS) is 10.5. The van der Waals surface area contributed by atoms with Crippen molar-refractivity contribution >= 4 is 5.69 Å². The van der Waals surface area contributed by atoms with E-state index in [9.17, 15) is 8.78 Å². The van der Waals surface area contributed by atoms with Gasteiger partial charge in [-0.1, -0.05) is 29.8 Å². The highest BCUT2D eigenvalue weighted by Crippen LogP contribution is 2.18. The van der Waals surface area contributed by atoms with E-state index in [1.807, 2.05) is 25.1 Å². The van der Waals surface area contributed by atoms with Crippen LogP contribution in [0.2, 0.25) is 0 Å². The van der Waals surface area contributed by atoms with E-state index in [0.717, 1.165) is 5.69 Å². The van der Waals surface area contributed by atoms with E-state index >= 15 is 0 Å². The van der Waals surface area contributed by atoms with Crippen molar-refractivity contribution in [1.29, 1.82) is 0 Å². The van der Waals surface area contributed by atoms with Crippen LogP contribution in [0.1, 0.15) is 11.1 Å². The summed E-state index contributed by atoms with van der Waals surface area (Å²) in [4.78, 5) is 0. The Morgan fingerprint density at radius 1 is 1.11 bits per heavy atom. The molecule has 2 aromatic carbocycles. The zero-order valence-electron chi connectivity index (χ0n) is 10.6. The Morgan fingerprint density at radius 3 is 2.47 bits per heavy atom. The van der Waals surface area contributed by atoms with Gasteiger partial charge in [-0.15, -0.1) is 0 Å². The fourth-order valence-electron chi connectivity index (χ4n) is 1.78. The van der Waals surface area contributed by atoms with Crippen molar-refractivity contribution in [2.24, 2.45) is 0 Å². The second-order valence-electron chi connectivity index (χ2n) is 4.25. The summed E-state index contributed by atoms with van der Waals surface area (Å²) < 4.78 is 28.3. The zero-order chi connectivity index (χ0) is 13.7. The van der Waals surface area contributed by atoms with Crippen LogP contribution < -0.4 is 10.1 Å². The monoisotopic (exact) mass is 263 g/mol. The molecule has 0 aliphatic rings. The average molecular weight is 263 g/mol. The van der Waals surface area contributed by atoms with Gasteiger partial charge in [0.05, 0.1) is 0 Å². The van der Waals surface area contributed by atoms with Gasteiger partial charge in [0.1, 0.15) is 5.75 Å². The van der Waals surface area contributed by atoms with Crippen LogP contribution in [0.15, 0.2) is 48.5 Å². The summed E-state index contributed by atoms with van der Waals surface area (Å²) in [5.74, 6) is 0.163. The van der Waals surface area contributed by atoms with Crippen molar-refractivity contribution in [3.05, 3.63) is 59.7 Å². The molecule has 4 heteroatoms. The highest BCUT2D eigenvalue weighted by molar-refractivity contribution is 5.46. The van der Waals surface area contributed by atoms with E-state index in [0.29, 0.717) is 6.54 Å². The van der Waals surface area contributed by atoms with Gasteiger partial charge in [0.15, 0.2) is 0 Å². The molecule has 2 rings (SSSR count). The van der Waals surface area contributed by atoms with Crippen LogP contribution in [0, 0.1) is 6.92 Å². The molecule has 0 radical (unpaired) electrons. The Bertz CT molecular complexity index is 526. The van der Waals surface area contributed by atoms with Crippen LogP contribution in [0.4, 0.5) is 14.5 Å². The topological polar surface area (TPSA) is 21.3 Å². The van der Waals surface area contributed by atoms with E-state index in [1.165, 1.54) is 23.3 Å². The average Bonchev–Trinajstić information content (AvgIpc) is 2.37. The fraction of sp³-hybridized carbons (Fsp3) is 0.200. The first-order valence-corrected chi connectivity index (χ1v) is 5.98. The van der Waals surface area contributed by atoms with Crippen molar-refractivity contribution in [1.82, 2.24) is 0 Å². The molecule has 19 heavy (non-hydrogen) atoms. The van der Waals surface area contributed by atoms with Crippen molar-refractivity contribution in [3.63, 3.8) is 0 Å². The number of anilines is 1. The van der Waals surface area contributed by atoms with Crippen molar-refractivity contribution < 1.29 is 13.5 Å². The number of hydrogen-bond acceptors (Lipinski definition) is 2. The lowest BCUT2D eigenvalue weighted by Crippen LogP contribution is -2.02. The molecule has 0 heterocycles. The molecule has 0 spiro atoms. The molecule has 0 aliphatic carbocycles. The third-order valence-corrected chi connectivity index (χ3v) is 2.66. The summed E-state index contributed by atoms with van der Waals surface area (Å²) in [5.41, 5.74) is 3.25. The number of benzene rings is 2. The number of halogens is 2. The smallest absolute Gasteiger partial charge is 0.387 e. The first-order chi connectivity index (χ1) is 9.13. The summed E-state index contributed by atoms with van der Waals surface area (Å²) in [7, 11) is 0. The van der Waals surface area contributed by atoms with Gasteiger partial charge >= 0.3 is 6.61 Å². The molecular weight excluding hydrogens is 248 g/mol. The summed E-state index contributed by atoms with van der Waals surface area (Å²) in [6, 6.07) is 14.7. The SMILES string of the molecule is Cc1cccc(CNc2ccc(OC(F)F)cc2)c1. The van der Waals surface area contributed by atoms with Gasteiger partial charge in [0.25, 0.3) is 0 Å². The zero-order valence-corrected chi connectivity index (χ0v) is 10.6. The van der Waals surface area contributed by atoms with Gasteiger partial charge in [-0.05, 0) is 36.8 Å². The Balaban J connectivity index is 1.93. The molecule has 0 atom stereocenters. The minimum Gasteiger partial charge on any atom is -0.435 e. The Morgan fingerprint density at radius 2 is 1.84 bits per heavy atom. The molecule has 0 aliphatic heterocycles. The molecule has 0 bridgehead atoms. The van der Waals surface area contributed by atoms with Gasteiger partial charge in [-0.25, -0.2) is 0 Å². The van der Waals surface area contributed by atoms with Crippen LogP contribution in [0.5, 0.6) is 5.75 Å². The van der Waals surface area contributed by atoms with Crippen molar-refractivity contribution in [3.8, 4) is 5.75 Å². The lowest BCUT2D eigenvalue weighted by molar-refractivity contribution is -0.0498. The van der Waals surface area contributed by atoms with Gasteiger partial charge in [-0.3, -0.25) is 0 Å². The minimum absolute atomic E-state index is 0.163. The molecule has 0 amide bonds. The lowest BCUT2D eigenvalue weighted by atomic mass is 10.1. The number of ether oxygens (including phenoxy) is 1. The van der Waals surface area contributed by atoms with Crippen LogP contribution >= 0.6 is 0 Å². The van der Waals surface area contributed by atoms with E-state index in [4.69, 9.17) is 0 Å². The molecule has 1 N–H and O–H groups in total. The number of hydrogen-bond donors (Lipinski definition) is 1. The van der Waals surface area contributed by atoms with Crippen LogP contribution in [-0.2, 0) is 6.54 Å². The third kappa shape index (κ3) is 4.25. The van der Waals surface area contributed by atoms with E-state index < -0.39 is 6.61 Å². The largest absolute Gasteiger partial charge is 0.435 e. The van der Waals surface area contributed by atoms with E-state index in [1.54, 1.807) is 12.1 Å². The first kappa shape index (κ1) is 13.3. The molecule has 0 saturated carbocycles. The summed E-state index contributed by atoms with van der Waals surface area (Å²) in [5, 5.41) is 3.23. The Kier molecular flexibility index (Phi) is 4.34. The third-order valence-electron chi connectivity index (χ3n) is 2.66. The second kappa shape index (κ2) is 6.18. The quantitative estimate of drug-likeness (QED) is 0.872. The van der Waals surface area contributed by atoms with Crippen LogP contribution in [-0.4, -0.2) is 6.61 Å². The van der Waals surface area contributed by atoms with Crippen molar-refractivity contribution in [2.75, 3.05) is 5.32 Å². The van der Waals surface area contributed by atoms with Gasteiger partial charge in [-0.2, -0.15) is 8.78 Å². The predicted molar refractivity (Wildman–Crippen MR) is 71.6 cm³/mol. The molecule has 2 nitrogen and oxygen atoms in total. The van der Waals surface area contributed by atoms with E-state index in [-0.39, 0.29) is 5.75 Å². The van der Waals surface area contributed by atoms with E-state index in [2.05, 4.69) is 16.1 Å². The van der Waals surface area contributed by atoms with Crippen molar-refractivity contribution in [2.45, 2.75) is 20.1 Å². The highest BCUT2D eigenvalue weighted by atomic mass is 19.3. The maximum Gasteiger partial charge on any atom is 0.387 e. The molecule has 0 aromatic heterocycles. The molecule has 100 valence electrons. The molecular formula is C15H15F2NO. The maximum absolute atomic E-state index is 12.0. The predicted octanol–water partition coefficient (Wildman–Crippen LogP) is 4.21. The summed E-state index contributed by atoms with van der Waals surface area (Å²) >= 11 is 0. The summed E-state index contributed by atoms with van der Waals surface area (Å²) in [6.07, 6.45) is 0. The maximum atomic E-state index is 12.0. The fourth-order valence-corrected chi connectivity index (χ4v) is 1.78. The van der Waals surface area contributed by atoms with Crippen LogP contribution in [0.25, 0.3) is 0 Å². The Labute approximate surface area is 111 Å². The number of nitrogens with one attached hydrogen (secondary N) is 1. The molecule has 0 fully saturated rings. The number of alkyl halides is 2. The van der Waals surface area contributed by atoms with Crippen LogP contribution in [0.3, 0.4) is 0 Å². The summed E-state index contributed by atoms with van der Waals surface area (Å²) in [6.45, 7) is -0.0532. The van der Waals surface area contributed by atoms with Gasteiger partial charge in [0, 0.05) is 12.2 Å². The minimum atomic E-state index is -2.79. The lowest BCUT2D eigenvalue weighted by Gasteiger charge is -2.09. The van der Waals surface area contributed by atoms with Gasteiger partial charge < -0.3 is 10.1 Å². The highest BCUT2D eigenvalue weighted by Gasteiger charge is 2.03. The first-order valence-electron chi connectivity index (χ1n) is 5.98. The van der Waals surface area contributed by atoms with Gasteiger partial charge in [0.2, 0.25) is 0 Å². The molecule has 0 saturated heterocycles. The Hall–Kier alpha value is -2.10. The number of aryl methyl sites for hydroxylation is 1. The number of rotatable bonds is 5. The second-order valence-corrected chi connectivity index (χ2v) is 4.25. The molecule has 0 unspecified atom stereocenters. The molecule has 2 aromatic rings.